The summed E-state index contributed by atoms with van der Waals surface area (Å²) in [6, 6.07) is -0.630. The molecule has 0 aromatic heterocycles. The van der Waals surface area contributed by atoms with Crippen LogP contribution < -0.4 is 5.32 Å². The van der Waals surface area contributed by atoms with Gasteiger partial charge in [0.2, 0.25) is 0 Å². The maximum Gasteiger partial charge on any atom is 0.408 e. The van der Waals surface area contributed by atoms with Gasteiger partial charge in [-0.05, 0) is 27.2 Å². The zero-order chi connectivity index (χ0) is 14.3. The molecular weight excluding hydrogens is 236 g/mol. The lowest BCUT2D eigenvalue weighted by Crippen LogP contribution is -2.48. The van der Waals surface area contributed by atoms with Crippen LogP contribution in [-0.4, -0.2) is 42.9 Å². The molecule has 0 aliphatic carbocycles. The van der Waals surface area contributed by atoms with E-state index < -0.39 is 17.7 Å². The number of carbonyl (C=O) groups excluding carboxylic acids is 2. The third-order valence-corrected chi connectivity index (χ3v) is 2.15. The van der Waals surface area contributed by atoms with E-state index in [4.69, 9.17) is 9.57 Å². The molecule has 0 fully saturated rings. The number of likely N-dealkylation sites (N-methyl/N-ethyl adjacent to an activating group) is 1. The lowest BCUT2D eigenvalue weighted by atomic mass is 10.1. The van der Waals surface area contributed by atoms with E-state index >= 15 is 0 Å². The van der Waals surface area contributed by atoms with Crippen molar-refractivity contribution in [2.24, 2.45) is 0 Å². The number of hydroxylamine groups is 2. The van der Waals surface area contributed by atoms with Crippen LogP contribution in [0.3, 0.4) is 0 Å². The Labute approximate surface area is 110 Å². The van der Waals surface area contributed by atoms with Gasteiger partial charge in [-0.2, -0.15) is 0 Å². The van der Waals surface area contributed by atoms with Crippen LogP contribution in [0, 0.1) is 0 Å². The first kappa shape index (κ1) is 16.7. The highest BCUT2D eigenvalue weighted by molar-refractivity contribution is 5.84. The highest BCUT2D eigenvalue weighted by atomic mass is 16.7. The second kappa shape index (κ2) is 7.20. The zero-order valence-corrected chi connectivity index (χ0v) is 12.1. The summed E-state index contributed by atoms with van der Waals surface area (Å²) in [6.07, 6.45) is 0.703. The molecule has 0 spiro atoms. The Bertz CT molecular complexity index is 292. The van der Waals surface area contributed by atoms with Crippen molar-refractivity contribution in [3.05, 3.63) is 0 Å². The number of hydrogen-bond donors (Lipinski definition) is 1. The van der Waals surface area contributed by atoms with Crippen molar-refractivity contribution in [3.8, 4) is 0 Å². The van der Waals surface area contributed by atoms with Crippen molar-refractivity contribution in [2.45, 2.75) is 52.2 Å². The molecular formula is C12H26N2O4. The summed E-state index contributed by atoms with van der Waals surface area (Å²) in [7, 11) is 2.90. The Morgan fingerprint density at radius 2 is 1.94 bits per heavy atom. The summed E-state index contributed by atoms with van der Waals surface area (Å²) in [5.41, 5.74) is -0.586. The van der Waals surface area contributed by atoms with Gasteiger partial charge in [0.1, 0.15) is 11.6 Å². The van der Waals surface area contributed by atoms with Gasteiger partial charge < -0.3 is 10.1 Å². The normalized spacial score (nSPS) is 12.8. The molecule has 2 amide bonds. The van der Waals surface area contributed by atoms with Crippen molar-refractivity contribution >= 4 is 12.0 Å². The summed E-state index contributed by atoms with van der Waals surface area (Å²) in [5.74, 6) is -0.301. The Morgan fingerprint density at radius 1 is 1.39 bits per heavy atom. The highest BCUT2D eigenvalue weighted by Crippen LogP contribution is 2.08. The lowest BCUT2D eigenvalue weighted by Gasteiger charge is -2.25. The minimum atomic E-state index is -0.630. The van der Waals surface area contributed by atoms with Gasteiger partial charge in [0.15, 0.2) is 0 Å². The number of hydrogen-bond acceptors (Lipinski definition) is 4. The summed E-state index contributed by atoms with van der Waals surface area (Å²) >= 11 is 0. The van der Waals surface area contributed by atoms with Crippen molar-refractivity contribution < 1.29 is 20.6 Å². The predicted octanol–water partition coefficient (Wildman–Crippen LogP) is 1.95. The number of nitrogens with zero attached hydrogens (tertiary/aromatic N) is 1. The number of alkyl carbamates (subject to hydrolysis) is 1. The molecule has 6 heteroatoms. The van der Waals surface area contributed by atoms with Crippen molar-refractivity contribution in [1.82, 2.24) is 10.4 Å². The largest absolute Gasteiger partial charge is 0.444 e. The summed E-state index contributed by atoms with van der Waals surface area (Å²) in [6.45, 7) is 7.24. The van der Waals surface area contributed by atoms with Crippen molar-refractivity contribution in [1.29, 1.82) is 0 Å². The fourth-order valence-corrected chi connectivity index (χ4v) is 1.31. The Kier molecular flexibility index (Phi) is 6.68. The topological polar surface area (TPSA) is 67.9 Å². The molecule has 0 saturated heterocycles. The van der Waals surface area contributed by atoms with E-state index in [1.165, 1.54) is 14.2 Å². The van der Waals surface area contributed by atoms with Crippen LogP contribution in [-0.2, 0) is 14.4 Å². The number of rotatable bonds is 5. The molecule has 108 valence electrons. The van der Waals surface area contributed by atoms with Crippen LogP contribution in [0.4, 0.5) is 4.79 Å². The predicted molar refractivity (Wildman–Crippen MR) is 70.0 cm³/mol. The maximum atomic E-state index is 11.9. The van der Waals surface area contributed by atoms with Crippen LogP contribution in [0.1, 0.15) is 42.0 Å². The van der Waals surface area contributed by atoms with E-state index in [1.54, 1.807) is 20.8 Å². The van der Waals surface area contributed by atoms with E-state index in [1.807, 2.05) is 6.92 Å². The second-order valence-corrected chi connectivity index (χ2v) is 5.01. The molecule has 0 rings (SSSR count). The molecule has 0 aliphatic rings. The molecule has 0 unspecified atom stereocenters. The maximum absolute atomic E-state index is 11.9. The fraction of sp³-hybridized carbons (Fsp3) is 0.833. The van der Waals surface area contributed by atoms with Gasteiger partial charge in [0, 0.05) is 8.47 Å². The number of ether oxygens (including phenoxy) is 1. The average molecular weight is 262 g/mol. The quantitative estimate of drug-likeness (QED) is 0.769. The number of amides is 2. The highest BCUT2D eigenvalue weighted by Gasteiger charge is 2.26. The molecule has 0 aromatic carbocycles. The Hall–Kier alpha value is -1.30. The van der Waals surface area contributed by atoms with Gasteiger partial charge in [0.05, 0.1) is 7.11 Å². The zero-order valence-electron chi connectivity index (χ0n) is 12.1. The molecule has 0 bridgehead atoms. The first-order valence-electron chi connectivity index (χ1n) is 6.02. The lowest BCUT2D eigenvalue weighted by molar-refractivity contribution is -0.171. The van der Waals surface area contributed by atoms with E-state index in [9.17, 15) is 9.59 Å². The summed E-state index contributed by atoms with van der Waals surface area (Å²) in [5, 5.41) is 3.65. The standard InChI is InChI=1S/C12H24N2O4.H2/c1-7-8-9(10(15)14(5)17-6)13-11(16)18-12(2,3)4;/h9H,7-8H2,1-6H3,(H,13,16);1H/t9-;/m0./s1. The van der Waals surface area contributed by atoms with Gasteiger partial charge >= 0.3 is 6.09 Å². The molecule has 6 nitrogen and oxygen atoms in total. The molecule has 1 N–H and O–H groups in total. The van der Waals surface area contributed by atoms with Gasteiger partial charge in [0.25, 0.3) is 5.91 Å². The molecule has 0 aliphatic heterocycles. The van der Waals surface area contributed by atoms with Crippen LogP contribution in [0.15, 0.2) is 0 Å². The SMILES string of the molecule is CCC[C@H](NC(=O)OC(C)(C)C)C(=O)N(C)OC.[HH]. The molecule has 0 saturated carbocycles. The minimum absolute atomic E-state index is 0. The van der Waals surface area contributed by atoms with E-state index in [0.717, 1.165) is 11.5 Å². The average Bonchev–Trinajstić information content (AvgIpc) is 2.23. The van der Waals surface area contributed by atoms with E-state index in [0.29, 0.717) is 6.42 Å². The van der Waals surface area contributed by atoms with E-state index in [2.05, 4.69) is 5.32 Å². The van der Waals surface area contributed by atoms with Gasteiger partial charge in [-0.3, -0.25) is 9.63 Å². The summed E-state index contributed by atoms with van der Waals surface area (Å²) < 4.78 is 5.12. The van der Waals surface area contributed by atoms with Crippen LogP contribution in [0.25, 0.3) is 0 Å². The third-order valence-electron chi connectivity index (χ3n) is 2.15. The van der Waals surface area contributed by atoms with Crippen LogP contribution in [0.5, 0.6) is 0 Å². The van der Waals surface area contributed by atoms with E-state index in [-0.39, 0.29) is 7.33 Å². The molecule has 0 heterocycles. The first-order chi connectivity index (χ1) is 8.21. The fourth-order valence-electron chi connectivity index (χ4n) is 1.31. The van der Waals surface area contributed by atoms with Gasteiger partial charge in [-0.15, -0.1) is 0 Å². The smallest absolute Gasteiger partial charge is 0.408 e. The van der Waals surface area contributed by atoms with Crippen LogP contribution >= 0.6 is 0 Å². The summed E-state index contributed by atoms with van der Waals surface area (Å²) in [4.78, 5) is 28.3. The monoisotopic (exact) mass is 262 g/mol. The van der Waals surface area contributed by atoms with Crippen molar-refractivity contribution in [3.63, 3.8) is 0 Å². The first-order valence-corrected chi connectivity index (χ1v) is 6.02. The molecule has 18 heavy (non-hydrogen) atoms. The number of carbonyl (C=O) groups is 2. The number of nitrogens with one attached hydrogen (secondary N) is 1. The molecule has 1 atom stereocenters. The Balaban J connectivity index is 0. The third kappa shape index (κ3) is 6.44. The minimum Gasteiger partial charge on any atom is -0.444 e. The van der Waals surface area contributed by atoms with Crippen LogP contribution in [0.2, 0.25) is 0 Å². The molecule has 0 radical (unpaired) electrons. The second-order valence-electron chi connectivity index (χ2n) is 5.01. The Morgan fingerprint density at radius 3 is 2.33 bits per heavy atom. The van der Waals surface area contributed by atoms with Gasteiger partial charge in [-0.25, -0.2) is 9.86 Å². The van der Waals surface area contributed by atoms with Crippen molar-refractivity contribution in [2.75, 3.05) is 14.2 Å². The van der Waals surface area contributed by atoms with Gasteiger partial charge in [-0.1, -0.05) is 13.3 Å². The molecule has 0 aromatic rings.